The zero-order chi connectivity index (χ0) is 34.5. The van der Waals surface area contributed by atoms with Crippen LogP contribution in [0.5, 0.6) is 5.75 Å². The third kappa shape index (κ3) is 6.83. The first kappa shape index (κ1) is 33.9. The molecule has 0 aliphatic carbocycles. The number of rotatable bonds is 12. The van der Waals surface area contributed by atoms with Crippen molar-refractivity contribution in [2.24, 2.45) is 0 Å². The largest absolute Gasteiger partial charge is 0.496 e. The zero-order valence-electron chi connectivity index (χ0n) is 29.0. The van der Waals surface area contributed by atoms with Crippen molar-refractivity contribution < 1.29 is 19.4 Å². The maximum atomic E-state index is 14.8. The number of amides is 2. The molecule has 1 aliphatic rings. The van der Waals surface area contributed by atoms with Crippen LogP contribution in [-0.2, 0) is 13.0 Å². The number of hydrogen-bond donors (Lipinski definition) is 1. The van der Waals surface area contributed by atoms with Crippen molar-refractivity contribution in [3.8, 4) is 22.6 Å². The third-order valence-electron chi connectivity index (χ3n) is 9.65. The van der Waals surface area contributed by atoms with E-state index in [1.807, 2.05) is 84.6 Å². The molecule has 1 aromatic heterocycles. The fourth-order valence-electron chi connectivity index (χ4n) is 6.90. The maximum absolute atomic E-state index is 14.8. The SMILES string of the molecule is CCCCN(CCCC)C(=O)c1cc(C)n(-c2ccc(-c3ccc(OC)c4ccccc34)cc2C(=O)N2Cc3ccccc3C[C@H]2CO)n1. The van der Waals surface area contributed by atoms with Gasteiger partial charge in [-0.05, 0) is 78.1 Å². The molecule has 8 nitrogen and oxygen atoms in total. The van der Waals surface area contributed by atoms with Crippen LogP contribution in [-0.4, -0.2) is 69.3 Å². The van der Waals surface area contributed by atoms with Gasteiger partial charge in [-0.3, -0.25) is 9.59 Å². The second-order valence-corrected chi connectivity index (χ2v) is 12.9. The number of carbonyl (C=O) groups excluding carboxylic acids is 2. The topological polar surface area (TPSA) is 87.9 Å². The molecule has 0 bridgehead atoms. The number of aliphatic hydroxyl groups is 1. The van der Waals surface area contributed by atoms with Gasteiger partial charge in [-0.25, -0.2) is 4.68 Å². The minimum absolute atomic E-state index is 0.0917. The summed E-state index contributed by atoms with van der Waals surface area (Å²) in [5.74, 6) is 0.491. The Balaban J connectivity index is 1.47. The lowest BCUT2D eigenvalue weighted by Gasteiger charge is -2.36. The maximum Gasteiger partial charge on any atom is 0.274 e. The van der Waals surface area contributed by atoms with Crippen LogP contribution in [0, 0.1) is 6.92 Å². The van der Waals surface area contributed by atoms with Gasteiger partial charge in [0.15, 0.2) is 5.69 Å². The molecule has 4 aromatic carbocycles. The van der Waals surface area contributed by atoms with E-state index >= 15 is 0 Å². The Bertz CT molecular complexity index is 1960. The van der Waals surface area contributed by atoms with Crippen LogP contribution >= 0.6 is 0 Å². The number of aromatic nitrogens is 2. The van der Waals surface area contributed by atoms with E-state index in [1.54, 1.807) is 16.7 Å². The van der Waals surface area contributed by atoms with Gasteiger partial charge in [0.2, 0.25) is 0 Å². The van der Waals surface area contributed by atoms with Crippen LogP contribution < -0.4 is 4.74 Å². The summed E-state index contributed by atoms with van der Waals surface area (Å²) < 4.78 is 7.38. The molecule has 0 radical (unpaired) electrons. The highest BCUT2D eigenvalue weighted by atomic mass is 16.5. The Morgan fingerprint density at radius 3 is 2.29 bits per heavy atom. The first-order valence-electron chi connectivity index (χ1n) is 17.4. The van der Waals surface area contributed by atoms with Gasteiger partial charge < -0.3 is 19.6 Å². The van der Waals surface area contributed by atoms with Gasteiger partial charge in [-0.1, -0.05) is 87.4 Å². The second-order valence-electron chi connectivity index (χ2n) is 12.9. The molecular weight excluding hydrogens is 612 g/mol. The van der Waals surface area contributed by atoms with E-state index in [-0.39, 0.29) is 24.5 Å². The molecule has 2 amide bonds. The number of aliphatic hydroxyl groups excluding tert-OH is 1. The number of hydrogen-bond acceptors (Lipinski definition) is 5. The summed E-state index contributed by atoms with van der Waals surface area (Å²) in [4.78, 5) is 32.2. The van der Waals surface area contributed by atoms with Crippen molar-refractivity contribution >= 4 is 22.6 Å². The minimum Gasteiger partial charge on any atom is -0.496 e. The molecule has 1 aliphatic heterocycles. The minimum atomic E-state index is -0.373. The number of unbranched alkanes of at least 4 members (excludes halogenated alkanes) is 2. The third-order valence-corrected chi connectivity index (χ3v) is 9.65. The van der Waals surface area contributed by atoms with Gasteiger partial charge in [-0.2, -0.15) is 5.10 Å². The molecule has 0 saturated heterocycles. The van der Waals surface area contributed by atoms with E-state index in [0.717, 1.165) is 70.2 Å². The van der Waals surface area contributed by atoms with Crippen molar-refractivity contribution in [1.82, 2.24) is 19.6 Å². The molecule has 0 spiro atoms. The molecule has 0 unspecified atom stereocenters. The van der Waals surface area contributed by atoms with Crippen LogP contribution in [0.3, 0.4) is 0 Å². The van der Waals surface area contributed by atoms with Crippen LogP contribution in [0.1, 0.15) is 77.2 Å². The summed E-state index contributed by atoms with van der Waals surface area (Å²) >= 11 is 0. The summed E-state index contributed by atoms with van der Waals surface area (Å²) in [7, 11) is 1.67. The monoisotopic (exact) mass is 658 g/mol. The molecule has 5 aromatic rings. The van der Waals surface area contributed by atoms with Crippen LogP contribution in [0.2, 0.25) is 0 Å². The Labute approximate surface area is 288 Å². The Morgan fingerprint density at radius 1 is 0.898 bits per heavy atom. The lowest BCUT2D eigenvalue weighted by atomic mass is 9.92. The quantitative estimate of drug-likeness (QED) is 0.149. The number of methoxy groups -OCH3 is 1. The van der Waals surface area contributed by atoms with E-state index in [2.05, 4.69) is 26.0 Å². The fraction of sp³-hybridized carbons (Fsp3) is 0.341. The number of carbonyl (C=O) groups is 2. The summed E-state index contributed by atoms with van der Waals surface area (Å²) in [6.45, 7) is 7.78. The first-order chi connectivity index (χ1) is 23.9. The first-order valence-corrected chi connectivity index (χ1v) is 17.4. The smallest absolute Gasteiger partial charge is 0.274 e. The zero-order valence-corrected chi connectivity index (χ0v) is 29.0. The summed E-state index contributed by atoms with van der Waals surface area (Å²) in [6.07, 6.45) is 4.43. The molecule has 0 saturated carbocycles. The predicted octanol–water partition coefficient (Wildman–Crippen LogP) is 7.61. The van der Waals surface area contributed by atoms with Crippen molar-refractivity contribution in [2.45, 2.75) is 65.5 Å². The van der Waals surface area contributed by atoms with Gasteiger partial charge in [0, 0.05) is 30.7 Å². The average molecular weight is 659 g/mol. The highest BCUT2D eigenvalue weighted by Gasteiger charge is 2.32. The summed E-state index contributed by atoms with van der Waals surface area (Å²) in [6, 6.07) is 27.5. The number of benzene rings is 4. The number of ether oxygens (including phenoxy) is 1. The van der Waals surface area contributed by atoms with E-state index in [9.17, 15) is 14.7 Å². The van der Waals surface area contributed by atoms with Crippen molar-refractivity contribution in [1.29, 1.82) is 0 Å². The molecule has 8 heteroatoms. The fourth-order valence-corrected chi connectivity index (χ4v) is 6.90. The molecule has 254 valence electrons. The average Bonchev–Trinajstić information content (AvgIpc) is 3.54. The van der Waals surface area contributed by atoms with E-state index in [4.69, 9.17) is 9.84 Å². The molecule has 49 heavy (non-hydrogen) atoms. The number of nitrogens with zero attached hydrogens (tertiary/aromatic N) is 4. The lowest BCUT2D eigenvalue weighted by molar-refractivity contribution is 0.0544. The van der Waals surface area contributed by atoms with Gasteiger partial charge in [0.1, 0.15) is 5.75 Å². The second kappa shape index (κ2) is 15.1. The Kier molecular flexibility index (Phi) is 10.4. The molecule has 0 fully saturated rings. The highest BCUT2D eigenvalue weighted by molar-refractivity contribution is 6.03. The standard InChI is InChI=1S/C41H46N4O4/c1-5-7-21-43(22-8-6-2)41(48)37-23-28(3)45(42-37)38-19-17-30(33-18-20-39(49-4)35-16-12-11-15-34(33)35)25-36(38)40(47)44-26-31-14-10-9-13-29(31)24-32(44)27-46/h9-20,23,25,32,46H,5-8,21-22,24,26-27H2,1-4H3/t32-/m0/s1. The normalized spacial score (nSPS) is 14.1. The summed E-state index contributed by atoms with van der Waals surface area (Å²) in [5, 5.41) is 17.3. The van der Waals surface area contributed by atoms with Crippen LogP contribution in [0.15, 0.2) is 84.9 Å². The van der Waals surface area contributed by atoms with Crippen molar-refractivity contribution in [3.63, 3.8) is 0 Å². The van der Waals surface area contributed by atoms with E-state index < -0.39 is 0 Å². The number of fused-ring (bicyclic) bond motifs is 2. The van der Waals surface area contributed by atoms with Crippen molar-refractivity contribution in [3.05, 3.63) is 113 Å². The van der Waals surface area contributed by atoms with E-state index in [1.165, 1.54) is 0 Å². The molecule has 1 atom stereocenters. The van der Waals surface area contributed by atoms with Gasteiger partial charge >= 0.3 is 0 Å². The van der Waals surface area contributed by atoms with Crippen LogP contribution in [0.25, 0.3) is 27.6 Å². The van der Waals surface area contributed by atoms with Gasteiger partial charge in [0.25, 0.3) is 11.8 Å². The molecule has 6 rings (SSSR count). The molecule has 2 heterocycles. The van der Waals surface area contributed by atoms with E-state index in [0.29, 0.717) is 43.0 Å². The van der Waals surface area contributed by atoms with Gasteiger partial charge in [-0.15, -0.1) is 0 Å². The Hall–Kier alpha value is -4.95. The lowest BCUT2D eigenvalue weighted by Crippen LogP contribution is -2.46. The Morgan fingerprint density at radius 2 is 1.59 bits per heavy atom. The van der Waals surface area contributed by atoms with Gasteiger partial charge in [0.05, 0.1) is 31.0 Å². The van der Waals surface area contributed by atoms with Crippen LogP contribution in [0.4, 0.5) is 0 Å². The molecular formula is C41H46N4O4. The molecule has 1 N–H and O–H groups in total. The number of aryl methyl sites for hydroxylation is 1. The predicted molar refractivity (Wildman–Crippen MR) is 194 cm³/mol. The summed E-state index contributed by atoms with van der Waals surface area (Å²) in [5.41, 5.74) is 6.22. The highest BCUT2D eigenvalue weighted by Crippen LogP contribution is 2.36. The van der Waals surface area contributed by atoms with Crippen molar-refractivity contribution in [2.75, 3.05) is 26.8 Å².